The predicted octanol–water partition coefficient (Wildman–Crippen LogP) is 4.02. The molecule has 0 spiro atoms. The number of hydrogen-bond donors (Lipinski definition) is 0. The largest absolute Gasteiger partial charge is 0.374 e. The van der Waals surface area contributed by atoms with Crippen LogP contribution < -0.4 is 0 Å². The maximum atomic E-state index is 6.21. The van der Waals surface area contributed by atoms with E-state index in [-0.39, 0.29) is 5.60 Å². The van der Waals surface area contributed by atoms with Crippen LogP contribution in [0.3, 0.4) is 0 Å². The second kappa shape index (κ2) is 3.48. The molecule has 1 nitrogen and oxygen atoms in total. The fourth-order valence-electron chi connectivity index (χ4n) is 5.06. The molecule has 1 heterocycles. The lowest BCUT2D eigenvalue weighted by atomic mass is 9.50. The van der Waals surface area contributed by atoms with E-state index >= 15 is 0 Å². The first-order valence-corrected chi connectivity index (χ1v) is 7.22. The fraction of sp³-hybridized carbons (Fsp3) is 1.00. The molecule has 2 aliphatic carbocycles. The Morgan fingerprint density at radius 2 is 1.81 bits per heavy atom. The van der Waals surface area contributed by atoms with Gasteiger partial charge in [0.2, 0.25) is 0 Å². The fourth-order valence-corrected chi connectivity index (χ4v) is 5.06. The second-order valence-electron chi connectivity index (χ2n) is 6.92. The Labute approximate surface area is 99.9 Å². The minimum Gasteiger partial charge on any atom is -0.374 e. The van der Waals surface area contributed by atoms with Crippen molar-refractivity contribution >= 4 is 0 Å². The molecule has 2 saturated carbocycles. The lowest BCUT2D eigenvalue weighted by Crippen LogP contribution is -2.54. The molecule has 0 aromatic carbocycles. The van der Waals surface area contributed by atoms with Gasteiger partial charge in [-0.15, -0.1) is 0 Å². The molecule has 92 valence electrons. The minimum atomic E-state index is 0.185. The molecule has 5 unspecified atom stereocenters. The van der Waals surface area contributed by atoms with Crippen LogP contribution >= 0.6 is 0 Å². The highest BCUT2D eigenvalue weighted by atomic mass is 16.5. The molecule has 1 heteroatoms. The monoisotopic (exact) mass is 222 g/mol. The van der Waals surface area contributed by atoms with Crippen LogP contribution in [0.5, 0.6) is 0 Å². The van der Waals surface area contributed by atoms with Crippen molar-refractivity contribution in [1.29, 1.82) is 0 Å². The summed E-state index contributed by atoms with van der Waals surface area (Å²) in [6, 6.07) is 0. The lowest BCUT2D eigenvalue weighted by molar-refractivity contribution is -0.129. The van der Waals surface area contributed by atoms with Crippen molar-refractivity contribution in [3.63, 3.8) is 0 Å². The minimum absolute atomic E-state index is 0.185. The van der Waals surface area contributed by atoms with Crippen LogP contribution in [0.1, 0.15) is 59.3 Å². The van der Waals surface area contributed by atoms with E-state index in [1.807, 2.05) is 0 Å². The summed E-state index contributed by atoms with van der Waals surface area (Å²) in [6.07, 6.45) is 8.61. The van der Waals surface area contributed by atoms with Gasteiger partial charge in [0.1, 0.15) is 0 Å². The zero-order chi connectivity index (χ0) is 11.4. The zero-order valence-corrected chi connectivity index (χ0v) is 11.1. The summed E-state index contributed by atoms with van der Waals surface area (Å²) in [5.74, 6) is 2.71. The highest BCUT2D eigenvalue weighted by Gasteiger charge is 2.61. The molecule has 3 aliphatic rings. The van der Waals surface area contributed by atoms with E-state index in [4.69, 9.17) is 4.74 Å². The van der Waals surface area contributed by atoms with Gasteiger partial charge in [0.25, 0.3) is 0 Å². The molecular weight excluding hydrogens is 196 g/mol. The summed E-state index contributed by atoms with van der Waals surface area (Å²) in [5.41, 5.74) is 0.640. The van der Waals surface area contributed by atoms with Gasteiger partial charge in [-0.3, -0.25) is 0 Å². The van der Waals surface area contributed by atoms with E-state index < -0.39 is 0 Å². The first kappa shape index (κ1) is 11.1. The standard InChI is InChI=1S/C15H26O/c1-11-10-16-14(2)9-8-12-6-4-5-7-13(12)15(11,14)3/h11-13H,4-10H2,1-3H3. The van der Waals surface area contributed by atoms with Crippen molar-refractivity contribution in [2.24, 2.45) is 23.2 Å². The summed E-state index contributed by atoms with van der Waals surface area (Å²) in [4.78, 5) is 0. The van der Waals surface area contributed by atoms with E-state index in [1.165, 1.54) is 38.5 Å². The third-order valence-corrected chi connectivity index (χ3v) is 6.49. The molecule has 16 heavy (non-hydrogen) atoms. The van der Waals surface area contributed by atoms with Crippen molar-refractivity contribution in [1.82, 2.24) is 0 Å². The van der Waals surface area contributed by atoms with Gasteiger partial charge in [-0.1, -0.05) is 33.1 Å². The Morgan fingerprint density at radius 3 is 2.62 bits per heavy atom. The Balaban J connectivity index is 1.97. The van der Waals surface area contributed by atoms with Crippen LogP contribution in [0.25, 0.3) is 0 Å². The van der Waals surface area contributed by atoms with E-state index in [0.29, 0.717) is 5.41 Å². The molecule has 1 saturated heterocycles. The van der Waals surface area contributed by atoms with Crippen molar-refractivity contribution in [2.75, 3.05) is 6.61 Å². The maximum Gasteiger partial charge on any atom is 0.0714 e. The van der Waals surface area contributed by atoms with Crippen LogP contribution in [-0.4, -0.2) is 12.2 Å². The Bertz CT molecular complexity index is 287. The van der Waals surface area contributed by atoms with Gasteiger partial charge in [0.15, 0.2) is 0 Å². The number of rotatable bonds is 0. The van der Waals surface area contributed by atoms with Gasteiger partial charge >= 0.3 is 0 Å². The summed E-state index contributed by atoms with van der Waals surface area (Å²) in [7, 11) is 0. The summed E-state index contributed by atoms with van der Waals surface area (Å²) < 4.78 is 6.21. The first-order valence-electron chi connectivity index (χ1n) is 7.22. The van der Waals surface area contributed by atoms with Crippen LogP contribution in [-0.2, 0) is 4.74 Å². The van der Waals surface area contributed by atoms with Gasteiger partial charge in [-0.2, -0.15) is 0 Å². The Morgan fingerprint density at radius 1 is 1.06 bits per heavy atom. The lowest BCUT2D eigenvalue weighted by Gasteiger charge is -2.56. The van der Waals surface area contributed by atoms with Crippen LogP contribution in [0.4, 0.5) is 0 Å². The van der Waals surface area contributed by atoms with E-state index in [9.17, 15) is 0 Å². The number of hydrogen-bond acceptors (Lipinski definition) is 1. The van der Waals surface area contributed by atoms with Gasteiger partial charge in [0.05, 0.1) is 12.2 Å². The number of ether oxygens (including phenoxy) is 1. The molecule has 0 aromatic rings. The topological polar surface area (TPSA) is 9.23 Å². The molecule has 0 radical (unpaired) electrons. The highest BCUT2D eigenvalue weighted by Crippen LogP contribution is 2.62. The summed E-state index contributed by atoms with van der Waals surface area (Å²) in [6.45, 7) is 8.34. The normalized spacial score (nSPS) is 56.8. The average molecular weight is 222 g/mol. The molecular formula is C15H26O. The SMILES string of the molecule is CC1COC2(C)CCC3CCCCC3C12C. The van der Waals surface area contributed by atoms with E-state index in [0.717, 1.165) is 24.4 Å². The Hall–Kier alpha value is -0.0400. The van der Waals surface area contributed by atoms with Gasteiger partial charge in [0, 0.05) is 5.41 Å². The second-order valence-corrected chi connectivity index (χ2v) is 6.92. The maximum absolute atomic E-state index is 6.21. The van der Waals surface area contributed by atoms with Crippen LogP contribution in [0, 0.1) is 23.2 Å². The quantitative estimate of drug-likeness (QED) is 0.601. The molecule has 3 rings (SSSR count). The molecule has 1 aliphatic heterocycles. The Kier molecular flexibility index (Phi) is 2.41. The molecule has 0 amide bonds. The van der Waals surface area contributed by atoms with E-state index in [1.54, 1.807) is 0 Å². The number of fused-ring (bicyclic) bond motifs is 3. The van der Waals surface area contributed by atoms with Crippen molar-refractivity contribution in [3.8, 4) is 0 Å². The van der Waals surface area contributed by atoms with Crippen molar-refractivity contribution in [2.45, 2.75) is 64.9 Å². The van der Waals surface area contributed by atoms with Gasteiger partial charge < -0.3 is 4.74 Å². The zero-order valence-electron chi connectivity index (χ0n) is 11.1. The van der Waals surface area contributed by atoms with Gasteiger partial charge in [-0.05, 0) is 43.9 Å². The van der Waals surface area contributed by atoms with Crippen LogP contribution in [0.15, 0.2) is 0 Å². The highest BCUT2D eigenvalue weighted by molar-refractivity contribution is 5.10. The molecule has 5 atom stereocenters. The molecule has 0 aromatic heterocycles. The molecule has 0 bridgehead atoms. The van der Waals surface area contributed by atoms with E-state index in [2.05, 4.69) is 20.8 Å². The molecule has 0 N–H and O–H groups in total. The summed E-state index contributed by atoms with van der Waals surface area (Å²) in [5, 5.41) is 0. The van der Waals surface area contributed by atoms with Gasteiger partial charge in [-0.25, -0.2) is 0 Å². The molecule has 3 fully saturated rings. The first-order chi connectivity index (χ1) is 7.58. The average Bonchev–Trinajstić information content (AvgIpc) is 2.54. The summed E-state index contributed by atoms with van der Waals surface area (Å²) >= 11 is 0. The third-order valence-electron chi connectivity index (χ3n) is 6.49. The smallest absolute Gasteiger partial charge is 0.0714 e. The van der Waals surface area contributed by atoms with Crippen LogP contribution in [0.2, 0.25) is 0 Å². The van der Waals surface area contributed by atoms with Crippen molar-refractivity contribution < 1.29 is 4.74 Å². The van der Waals surface area contributed by atoms with Crippen molar-refractivity contribution in [3.05, 3.63) is 0 Å². The third kappa shape index (κ3) is 1.21. The predicted molar refractivity (Wildman–Crippen MR) is 66.3 cm³/mol.